The minimum atomic E-state index is -0.198. The van der Waals surface area contributed by atoms with Crippen LogP contribution in [0.2, 0.25) is 0 Å². The molecule has 0 amide bonds. The number of aliphatic hydroxyl groups excluding tert-OH is 1. The Morgan fingerprint density at radius 3 is 2.90 bits per heavy atom. The Bertz CT molecular complexity index is 241. The van der Waals surface area contributed by atoms with Crippen LogP contribution in [0.15, 0.2) is 10.6 Å². The quantitative estimate of drug-likeness (QED) is 0.604. The minimum Gasteiger partial charge on any atom is -0.390 e. The summed E-state index contributed by atoms with van der Waals surface area (Å²) in [6.45, 7) is 1.18. The summed E-state index contributed by atoms with van der Waals surface area (Å²) in [7, 11) is 0. The van der Waals surface area contributed by atoms with Gasteiger partial charge in [-0.2, -0.15) is 0 Å². The summed E-state index contributed by atoms with van der Waals surface area (Å²) in [5, 5.41) is 11.9. The largest absolute Gasteiger partial charge is 0.390 e. The van der Waals surface area contributed by atoms with Gasteiger partial charge < -0.3 is 9.63 Å². The summed E-state index contributed by atoms with van der Waals surface area (Å²) in [4.78, 5) is 10.6. The molecule has 1 aromatic heterocycles. The van der Waals surface area contributed by atoms with E-state index in [1.165, 1.54) is 13.0 Å². The molecule has 1 aromatic rings. The zero-order valence-corrected chi connectivity index (χ0v) is 5.50. The van der Waals surface area contributed by atoms with Crippen LogP contribution in [0.25, 0.3) is 0 Å². The highest BCUT2D eigenvalue weighted by Gasteiger charge is 2.06. The zero-order valence-electron chi connectivity index (χ0n) is 5.50. The standard InChI is InChI=1S/C6H7NO3/c1-4(9)6-2-5(3-8)7-10-6/h2,8H,3H2,1H3. The molecule has 54 valence electrons. The van der Waals surface area contributed by atoms with E-state index in [2.05, 4.69) is 9.68 Å². The van der Waals surface area contributed by atoms with Crippen molar-refractivity contribution in [2.75, 3.05) is 0 Å². The van der Waals surface area contributed by atoms with E-state index in [9.17, 15) is 4.79 Å². The van der Waals surface area contributed by atoms with E-state index < -0.39 is 0 Å². The van der Waals surface area contributed by atoms with Crippen LogP contribution >= 0.6 is 0 Å². The SMILES string of the molecule is CC(=O)c1cc(CO)no1. The van der Waals surface area contributed by atoms with E-state index in [4.69, 9.17) is 5.11 Å². The van der Waals surface area contributed by atoms with E-state index in [0.717, 1.165) is 0 Å². The van der Waals surface area contributed by atoms with E-state index in [1.807, 2.05) is 0 Å². The van der Waals surface area contributed by atoms with Crippen molar-refractivity contribution in [3.05, 3.63) is 17.5 Å². The zero-order chi connectivity index (χ0) is 7.56. The molecular formula is C6H7NO3. The van der Waals surface area contributed by atoms with Crippen molar-refractivity contribution in [1.82, 2.24) is 5.16 Å². The van der Waals surface area contributed by atoms with Crippen molar-refractivity contribution in [3.8, 4) is 0 Å². The Hall–Kier alpha value is -1.16. The fourth-order valence-electron chi connectivity index (χ4n) is 0.552. The van der Waals surface area contributed by atoms with Crippen molar-refractivity contribution in [3.63, 3.8) is 0 Å². The number of ketones is 1. The average Bonchev–Trinajstić information content (AvgIpc) is 2.34. The molecule has 1 rings (SSSR count). The summed E-state index contributed by atoms with van der Waals surface area (Å²) in [6, 6.07) is 1.42. The van der Waals surface area contributed by atoms with Crippen molar-refractivity contribution in [1.29, 1.82) is 0 Å². The van der Waals surface area contributed by atoms with Crippen molar-refractivity contribution < 1.29 is 14.4 Å². The molecule has 0 saturated heterocycles. The number of nitrogens with zero attached hydrogens (tertiary/aromatic N) is 1. The van der Waals surface area contributed by atoms with Crippen LogP contribution in [0.3, 0.4) is 0 Å². The normalized spacial score (nSPS) is 9.80. The second-order valence-corrected chi connectivity index (χ2v) is 1.90. The van der Waals surface area contributed by atoms with Gasteiger partial charge in [-0.1, -0.05) is 5.16 Å². The van der Waals surface area contributed by atoms with Gasteiger partial charge in [0.2, 0.25) is 5.76 Å². The lowest BCUT2D eigenvalue weighted by Gasteiger charge is -1.78. The van der Waals surface area contributed by atoms with Gasteiger partial charge in [0.1, 0.15) is 5.69 Å². The number of aliphatic hydroxyl groups is 1. The van der Waals surface area contributed by atoms with Gasteiger partial charge in [-0.15, -0.1) is 0 Å². The van der Waals surface area contributed by atoms with Crippen LogP contribution in [0.1, 0.15) is 23.2 Å². The number of rotatable bonds is 2. The summed E-state index contributed by atoms with van der Waals surface area (Å²) in [6.07, 6.45) is 0. The summed E-state index contributed by atoms with van der Waals surface area (Å²) in [5.74, 6) is -0.00347. The Labute approximate surface area is 57.4 Å². The maximum absolute atomic E-state index is 10.6. The molecule has 0 fully saturated rings. The highest BCUT2D eigenvalue weighted by atomic mass is 16.5. The van der Waals surface area contributed by atoms with Gasteiger partial charge in [0.05, 0.1) is 6.61 Å². The fourth-order valence-corrected chi connectivity index (χ4v) is 0.552. The topological polar surface area (TPSA) is 63.3 Å². The predicted molar refractivity (Wildman–Crippen MR) is 32.4 cm³/mol. The Kier molecular flexibility index (Phi) is 1.82. The van der Waals surface area contributed by atoms with Crippen LogP contribution in [0.4, 0.5) is 0 Å². The molecular weight excluding hydrogens is 134 g/mol. The number of aromatic nitrogens is 1. The van der Waals surface area contributed by atoms with Crippen LogP contribution in [-0.2, 0) is 6.61 Å². The number of hydrogen-bond acceptors (Lipinski definition) is 4. The first-order valence-electron chi connectivity index (χ1n) is 2.81. The molecule has 4 heteroatoms. The van der Waals surface area contributed by atoms with Gasteiger partial charge in [0.25, 0.3) is 0 Å². The lowest BCUT2D eigenvalue weighted by Crippen LogP contribution is -1.86. The van der Waals surface area contributed by atoms with Gasteiger partial charge in [-0.3, -0.25) is 4.79 Å². The predicted octanol–water partition coefficient (Wildman–Crippen LogP) is 0.369. The summed E-state index contributed by atoms with van der Waals surface area (Å²) in [5.41, 5.74) is 0.380. The highest BCUT2D eigenvalue weighted by Crippen LogP contribution is 2.03. The van der Waals surface area contributed by atoms with E-state index >= 15 is 0 Å². The van der Waals surface area contributed by atoms with Gasteiger partial charge in [-0.05, 0) is 0 Å². The minimum absolute atomic E-state index is 0.184. The maximum Gasteiger partial charge on any atom is 0.202 e. The van der Waals surface area contributed by atoms with Gasteiger partial charge in [-0.25, -0.2) is 0 Å². The van der Waals surface area contributed by atoms with Crippen LogP contribution in [0.5, 0.6) is 0 Å². The van der Waals surface area contributed by atoms with Crippen LogP contribution in [0, 0.1) is 0 Å². The van der Waals surface area contributed by atoms with Crippen LogP contribution < -0.4 is 0 Å². The molecule has 1 N–H and O–H groups in total. The lowest BCUT2D eigenvalue weighted by molar-refractivity contribution is 0.0978. The molecule has 0 aliphatic carbocycles. The van der Waals surface area contributed by atoms with E-state index in [0.29, 0.717) is 5.69 Å². The number of carbonyl (C=O) groups is 1. The Balaban J connectivity index is 2.88. The molecule has 0 saturated carbocycles. The average molecular weight is 141 g/mol. The molecule has 0 aliphatic heterocycles. The summed E-state index contributed by atoms with van der Waals surface area (Å²) >= 11 is 0. The highest BCUT2D eigenvalue weighted by molar-refractivity contribution is 5.91. The molecule has 0 spiro atoms. The first-order valence-corrected chi connectivity index (χ1v) is 2.81. The Morgan fingerprint density at radius 1 is 1.90 bits per heavy atom. The second-order valence-electron chi connectivity index (χ2n) is 1.90. The van der Waals surface area contributed by atoms with Gasteiger partial charge in [0.15, 0.2) is 5.78 Å². The molecule has 0 aliphatic rings. The molecule has 0 radical (unpaired) electrons. The number of Topliss-reactive ketones (excluding diaryl/α,β-unsaturated/α-hetero) is 1. The third-order valence-corrected chi connectivity index (χ3v) is 1.07. The Morgan fingerprint density at radius 2 is 2.60 bits per heavy atom. The molecule has 1 heterocycles. The molecule has 0 atom stereocenters. The third-order valence-electron chi connectivity index (χ3n) is 1.07. The lowest BCUT2D eigenvalue weighted by atomic mass is 10.3. The van der Waals surface area contributed by atoms with Crippen molar-refractivity contribution in [2.45, 2.75) is 13.5 Å². The molecule has 10 heavy (non-hydrogen) atoms. The fraction of sp³-hybridized carbons (Fsp3) is 0.333. The molecule has 0 aromatic carbocycles. The van der Waals surface area contributed by atoms with Gasteiger partial charge >= 0.3 is 0 Å². The third kappa shape index (κ3) is 1.22. The van der Waals surface area contributed by atoms with Crippen molar-refractivity contribution in [2.24, 2.45) is 0 Å². The molecule has 4 nitrogen and oxygen atoms in total. The number of carbonyl (C=O) groups excluding carboxylic acids is 1. The monoisotopic (exact) mass is 141 g/mol. The van der Waals surface area contributed by atoms with Gasteiger partial charge in [0, 0.05) is 13.0 Å². The first-order chi connectivity index (χ1) is 4.74. The molecule has 0 unspecified atom stereocenters. The van der Waals surface area contributed by atoms with E-state index in [1.54, 1.807) is 0 Å². The maximum atomic E-state index is 10.6. The first kappa shape index (κ1) is 6.95. The van der Waals surface area contributed by atoms with Crippen LogP contribution in [-0.4, -0.2) is 16.0 Å². The second kappa shape index (κ2) is 2.62. The van der Waals surface area contributed by atoms with E-state index in [-0.39, 0.29) is 18.2 Å². The molecule has 0 bridgehead atoms. The van der Waals surface area contributed by atoms with Crippen molar-refractivity contribution >= 4 is 5.78 Å². The number of hydrogen-bond donors (Lipinski definition) is 1. The smallest absolute Gasteiger partial charge is 0.202 e. The summed E-state index contributed by atoms with van der Waals surface area (Å²) < 4.78 is 4.56.